The predicted molar refractivity (Wildman–Crippen MR) is 119 cm³/mol. The SMILES string of the molecule is CCNC(=NCCCOC1CCOCC1)NC1CC(OCC)C12CCC2.I. The van der Waals surface area contributed by atoms with Gasteiger partial charge in [0.1, 0.15) is 0 Å². The molecule has 2 saturated carbocycles. The minimum Gasteiger partial charge on any atom is -0.381 e. The predicted octanol–water partition coefficient (Wildman–Crippen LogP) is 3.09. The highest BCUT2D eigenvalue weighted by Crippen LogP contribution is 2.57. The molecule has 3 fully saturated rings. The summed E-state index contributed by atoms with van der Waals surface area (Å²) in [6, 6.07) is 0.504. The number of rotatable bonds is 9. The second-order valence-corrected chi connectivity index (χ2v) is 7.76. The van der Waals surface area contributed by atoms with Gasteiger partial charge in [0.15, 0.2) is 5.96 Å². The summed E-state index contributed by atoms with van der Waals surface area (Å²) in [5, 5.41) is 7.07. The van der Waals surface area contributed by atoms with E-state index in [0.29, 0.717) is 23.7 Å². The van der Waals surface area contributed by atoms with Crippen LogP contribution in [0.1, 0.15) is 58.8 Å². The Morgan fingerprint density at radius 2 is 1.96 bits per heavy atom. The number of nitrogens with one attached hydrogen (secondary N) is 2. The van der Waals surface area contributed by atoms with Crippen LogP contribution in [-0.2, 0) is 14.2 Å². The molecule has 0 bridgehead atoms. The van der Waals surface area contributed by atoms with Crippen LogP contribution in [0.25, 0.3) is 0 Å². The third-order valence-corrected chi connectivity index (χ3v) is 6.19. The van der Waals surface area contributed by atoms with E-state index < -0.39 is 0 Å². The van der Waals surface area contributed by atoms with Crippen LogP contribution < -0.4 is 10.6 Å². The highest BCUT2D eigenvalue weighted by atomic mass is 127. The van der Waals surface area contributed by atoms with Gasteiger partial charge in [0, 0.05) is 51.0 Å². The average molecular weight is 495 g/mol. The molecule has 6 nitrogen and oxygen atoms in total. The van der Waals surface area contributed by atoms with Gasteiger partial charge in [-0.15, -0.1) is 24.0 Å². The number of aliphatic imine (C=N–C) groups is 1. The monoisotopic (exact) mass is 495 g/mol. The van der Waals surface area contributed by atoms with Gasteiger partial charge in [0.2, 0.25) is 0 Å². The second kappa shape index (κ2) is 11.8. The summed E-state index contributed by atoms with van der Waals surface area (Å²) in [6.07, 6.45) is 8.84. The van der Waals surface area contributed by atoms with Gasteiger partial charge >= 0.3 is 0 Å². The van der Waals surface area contributed by atoms with Gasteiger partial charge in [0.05, 0.1) is 12.2 Å². The number of nitrogens with zero attached hydrogens (tertiary/aromatic N) is 1. The largest absolute Gasteiger partial charge is 0.381 e. The summed E-state index contributed by atoms with van der Waals surface area (Å²) in [4.78, 5) is 4.76. The molecule has 158 valence electrons. The summed E-state index contributed by atoms with van der Waals surface area (Å²) in [5.41, 5.74) is 0.359. The molecule has 27 heavy (non-hydrogen) atoms. The lowest BCUT2D eigenvalue weighted by Crippen LogP contribution is -2.68. The van der Waals surface area contributed by atoms with Gasteiger partial charge < -0.3 is 24.8 Å². The second-order valence-electron chi connectivity index (χ2n) is 7.76. The van der Waals surface area contributed by atoms with E-state index in [-0.39, 0.29) is 24.0 Å². The highest BCUT2D eigenvalue weighted by Gasteiger charge is 2.59. The lowest BCUT2D eigenvalue weighted by atomic mass is 9.51. The number of hydrogen-bond donors (Lipinski definition) is 2. The number of hydrogen-bond acceptors (Lipinski definition) is 4. The minimum atomic E-state index is 0. The summed E-state index contributed by atoms with van der Waals surface area (Å²) in [7, 11) is 0. The van der Waals surface area contributed by atoms with Crippen molar-refractivity contribution in [2.24, 2.45) is 10.4 Å². The molecule has 0 aromatic carbocycles. The Hall–Kier alpha value is -0.120. The quantitative estimate of drug-likeness (QED) is 0.223. The molecule has 0 radical (unpaired) electrons. The van der Waals surface area contributed by atoms with Gasteiger partial charge in [0.25, 0.3) is 0 Å². The molecule has 7 heteroatoms. The zero-order valence-electron chi connectivity index (χ0n) is 17.0. The van der Waals surface area contributed by atoms with Crippen LogP contribution in [0.4, 0.5) is 0 Å². The van der Waals surface area contributed by atoms with Crippen LogP contribution in [0.15, 0.2) is 4.99 Å². The Kier molecular flexibility index (Phi) is 10.1. The molecule has 2 N–H and O–H groups in total. The summed E-state index contributed by atoms with van der Waals surface area (Å²) in [6.45, 7) is 9.18. The third-order valence-electron chi connectivity index (χ3n) is 6.19. The Labute approximate surface area is 181 Å². The molecular weight excluding hydrogens is 457 g/mol. The van der Waals surface area contributed by atoms with Gasteiger partial charge in [-0.25, -0.2) is 0 Å². The molecule has 0 amide bonds. The number of halogens is 1. The van der Waals surface area contributed by atoms with E-state index in [9.17, 15) is 0 Å². The zero-order chi connectivity index (χ0) is 18.2. The van der Waals surface area contributed by atoms with Crippen molar-refractivity contribution in [3.05, 3.63) is 0 Å². The van der Waals surface area contributed by atoms with Crippen molar-refractivity contribution in [2.75, 3.05) is 39.5 Å². The first-order valence-electron chi connectivity index (χ1n) is 10.6. The molecule has 1 saturated heterocycles. The molecule has 2 aliphatic carbocycles. The van der Waals surface area contributed by atoms with Crippen LogP contribution in [0.5, 0.6) is 0 Å². The van der Waals surface area contributed by atoms with Gasteiger partial charge in [-0.2, -0.15) is 0 Å². The van der Waals surface area contributed by atoms with E-state index in [1.807, 2.05) is 0 Å². The van der Waals surface area contributed by atoms with Gasteiger partial charge in [-0.3, -0.25) is 4.99 Å². The van der Waals surface area contributed by atoms with E-state index in [2.05, 4.69) is 24.5 Å². The van der Waals surface area contributed by atoms with Crippen LogP contribution in [-0.4, -0.2) is 63.7 Å². The third kappa shape index (κ3) is 5.93. The molecule has 1 spiro atoms. The van der Waals surface area contributed by atoms with E-state index in [4.69, 9.17) is 19.2 Å². The van der Waals surface area contributed by atoms with Crippen molar-refractivity contribution in [3.8, 4) is 0 Å². The number of guanidine groups is 1. The first kappa shape index (κ1) is 23.2. The lowest BCUT2D eigenvalue weighted by molar-refractivity contribution is -0.168. The standard InChI is InChI=1S/C20H37N3O3.HI/c1-3-21-19(22-11-6-12-26-16-7-13-24-14-8-16)23-17-15-18(25-4-2)20(17)9-5-10-20;/h16-18H,3-15H2,1-2H3,(H2,21,22,23);1H. The Bertz CT molecular complexity index is 454. The Morgan fingerprint density at radius 1 is 1.19 bits per heavy atom. The van der Waals surface area contributed by atoms with Crippen molar-refractivity contribution in [1.29, 1.82) is 0 Å². The van der Waals surface area contributed by atoms with Crippen LogP contribution in [0.2, 0.25) is 0 Å². The Morgan fingerprint density at radius 3 is 2.59 bits per heavy atom. The molecular formula is C20H38IN3O3. The number of ether oxygens (including phenoxy) is 3. The van der Waals surface area contributed by atoms with Gasteiger partial charge in [-0.05, 0) is 52.4 Å². The fourth-order valence-electron chi connectivity index (χ4n) is 4.47. The normalized spacial score (nSPS) is 27.4. The molecule has 3 rings (SSSR count). The van der Waals surface area contributed by atoms with Crippen molar-refractivity contribution in [2.45, 2.75) is 77.0 Å². The van der Waals surface area contributed by atoms with Crippen molar-refractivity contribution < 1.29 is 14.2 Å². The first-order valence-corrected chi connectivity index (χ1v) is 10.6. The fraction of sp³-hybridized carbons (Fsp3) is 0.950. The van der Waals surface area contributed by atoms with Crippen molar-refractivity contribution in [3.63, 3.8) is 0 Å². The first-order chi connectivity index (χ1) is 12.8. The summed E-state index contributed by atoms with van der Waals surface area (Å²) >= 11 is 0. The van der Waals surface area contributed by atoms with Crippen LogP contribution in [0.3, 0.4) is 0 Å². The molecule has 2 atom stereocenters. The van der Waals surface area contributed by atoms with E-state index in [1.165, 1.54) is 19.3 Å². The van der Waals surface area contributed by atoms with Gasteiger partial charge in [-0.1, -0.05) is 6.42 Å². The summed E-state index contributed by atoms with van der Waals surface area (Å²) in [5.74, 6) is 0.949. The van der Waals surface area contributed by atoms with Crippen molar-refractivity contribution in [1.82, 2.24) is 10.6 Å². The minimum absolute atomic E-state index is 0. The van der Waals surface area contributed by atoms with Crippen LogP contribution >= 0.6 is 24.0 Å². The zero-order valence-corrected chi connectivity index (χ0v) is 19.3. The summed E-state index contributed by atoms with van der Waals surface area (Å²) < 4.78 is 17.2. The smallest absolute Gasteiger partial charge is 0.191 e. The lowest BCUT2D eigenvalue weighted by Gasteiger charge is -2.61. The molecule has 0 aromatic rings. The highest BCUT2D eigenvalue weighted by molar-refractivity contribution is 14.0. The molecule has 2 unspecified atom stereocenters. The molecule has 3 aliphatic rings. The molecule has 1 aliphatic heterocycles. The maximum absolute atomic E-state index is 5.95. The fourth-order valence-corrected chi connectivity index (χ4v) is 4.47. The molecule has 0 aromatic heterocycles. The Balaban J connectivity index is 0.00000261. The topological polar surface area (TPSA) is 64.1 Å². The van der Waals surface area contributed by atoms with E-state index in [1.54, 1.807) is 0 Å². The maximum atomic E-state index is 5.95. The average Bonchev–Trinajstić information content (AvgIpc) is 2.60. The van der Waals surface area contributed by atoms with Crippen molar-refractivity contribution >= 4 is 29.9 Å². The van der Waals surface area contributed by atoms with Crippen LogP contribution in [0, 0.1) is 5.41 Å². The molecule has 1 heterocycles. The maximum Gasteiger partial charge on any atom is 0.191 e. The van der Waals surface area contributed by atoms with E-state index in [0.717, 1.165) is 71.2 Å². The van der Waals surface area contributed by atoms with E-state index >= 15 is 0 Å².